The molecule has 1 N–H and O–H groups in total. The van der Waals surface area contributed by atoms with E-state index in [4.69, 9.17) is 4.42 Å². The van der Waals surface area contributed by atoms with Gasteiger partial charge in [0.25, 0.3) is 0 Å². The Bertz CT molecular complexity index is 1820. The molecule has 1 saturated heterocycles. The van der Waals surface area contributed by atoms with Gasteiger partial charge < -0.3 is 19.4 Å². The van der Waals surface area contributed by atoms with Crippen molar-refractivity contribution in [2.24, 2.45) is 4.99 Å². The number of aromatic nitrogens is 2. The number of aliphatic imine (C=N–C) groups is 1. The second-order valence-electron chi connectivity index (χ2n) is 9.62. The Morgan fingerprint density at radius 2 is 1.63 bits per heavy atom. The number of anilines is 3. The zero-order valence-corrected chi connectivity index (χ0v) is 24.2. The van der Waals surface area contributed by atoms with E-state index in [1.54, 1.807) is 14.1 Å². The fraction of sp³-hybridized carbons (Fsp3) is 0.179. The number of thioether (sulfide) groups is 1. The number of amides is 3. The van der Waals surface area contributed by atoms with Gasteiger partial charge in [0.1, 0.15) is 11.6 Å². The van der Waals surface area contributed by atoms with Crippen molar-refractivity contribution in [3.63, 3.8) is 0 Å². The maximum atomic E-state index is 15.0. The molecule has 1 aliphatic rings. The summed E-state index contributed by atoms with van der Waals surface area (Å²) >= 11 is 0.740. The second-order valence-corrected chi connectivity index (χ2v) is 10.6. The fourth-order valence-electron chi connectivity index (χ4n) is 4.14. The van der Waals surface area contributed by atoms with Gasteiger partial charge >= 0.3 is 18.6 Å². The number of nitrogens with one attached hydrogen (secondary N) is 1. The van der Waals surface area contributed by atoms with E-state index in [2.05, 4.69) is 25.2 Å². The Labute approximate surface area is 258 Å². The van der Waals surface area contributed by atoms with Gasteiger partial charge in [0.15, 0.2) is 5.17 Å². The standard InChI is InChI=1S/C28H19F7N6O4S/c1-40(2)16-6-9-18(27(30,31)32)21(12-16)41-22(42)13-46-26(41)37-25(43)36-20-10-5-15(11-19(20)29)24-39-38-23(44-24)14-3-7-17(8-4-14)45-28(33,34)35/h3-12H,13H2,1-2H3,(H,36,43)/b37-26-. The number of halogens is 7. The minimum atomic E-state index is -4.87. The number of amidine groups is 1. The quantitative estimate of drug-likeness (QED) is 0.215. The van der Waals surface area contributed by atoms with Gasteiger partial charge in [0.05, 0.1) is 22.7 Å². The van der Waals surface area contributed by atoms with E-state index in [0.717, 1.165) is 48.2 Å². The largest absolute Gasteiger partial charge is 0.573 e. The number of nitrogens with zero attached hydrogens (tertiary/aromatic N) is 5. The van der Waals surface area contributed by atoms with Crippen molar-refractivity contribution >= 4 is 45.9 Å². The Hall–Kier alpha value is -5.13. The number of urea groups is 1. The number of hydrogen-bond donors (Lipinski definition) is 1. The summed E-state index contributed by atoms with van der Waals surface area (Å²) < 4.78 is 103. The minimum Gasteiger partial charge on any atom is -0.416 e. The number of hydrogen-bond acceptors (Lipinski definition) is 8. The molecular formula is C28H19F7N6O4S. The van der Waals surface area contributed by atoms with Crippen LogP contribution in [0.3, 0.4) is 0 Å². The SMILES string of the molecule is CN(C)c1ccc(C(F)(F)F)c(N2C(=O)CS/C2=N\C(=O)Nc2ccc(-c3nnc(-c4ccc(OC(F)(F)F)cc4)o3)cc2F)c1. The molecule has 4 aromatic rings. The average Bonchev–Trinajstić information content (AvgIpc) is 3.60. The molecule has 240 valence electrons. The molecule has 0 spiro atoms. The lowest BCUT2D eigenvalue weighted by Gasteiger charge is -2.23. The highest BCUT2D eigenvalue weighted by atomic mass is 32.2. The summed E-state index contributed by atoms with van der Waals surface area (Å²) in [6.45, 7) is 0. The summed E-state index contributed by atoms with van der Waals surface area (Å²) in [6, 6.07) is 10.0. The summed E-state index contributed by atoms with van der Waals surface area (Å²) in [5.74, 6) is -2.69. The van der Waals surface area contributed by atoms with Gasteiger partial charge in [-0.05, 0) is 60.7 Å². The maximum Gasteiger partial charge on any atom is 0.573 e. The normalized spacial score (nSPS) is 14.6. The molecule has 18 heteroatoms. The molecule has 0 aliphatic carbocycles. The van der Waals surface area contributed by atoms with E-state index < -0.39 is 47.3 Å². The smallest absolute Gasteiger partial charge is 0.416 e. The molecule has 2 heterocycles. The highest BCUT2D eigenvalue weighted by Crippen LogP contribution is 2.41. The molecule has 5 rings (SSSR count). The van der Waals surface area contributed by atoms with E-state index in [9.17, 15) is 40.3 Å². The van der Waals surface area contributed by atoms with Crippen LogP contribution in [0.4, 0.5) is 52.6 Å². The van der Waals surface area contributed by atoms with Crippen LogP contribution in [-0.2, 0) is 11.0 Å². The van der Waals surface area contributed by atoms with Crippen LogP contribution in [0.2, 0.25) is 0 Å². The maximum absolute atomic E-state index is 15.0. The molecule has 10 nitrogen and oxygen atoms in total. The third-order valence-corrected chi connectivity index (χ3v) is 7.15. The van der Waals surface area contributed by atoms with E-state index >= 15 is 0 Å². The first-order chi connectivity index (χ1) is 21.6. The second kappa shape index (κ2) is 12.3. The predicted octanol–water partition coefficient (Wildman–Crippen LogP) is 7.19. The topological polar surface area (TPSA) is 113 Å². The molecule has 3 amide bonds. The summed E-state index contributed by atoms with van der Waals surface area (Å²) in [6.07, 6.45) is -9.68. The Kier molecular flexibility index (Phi) is 8.66. The van der Waals surface area contributed by atoms with Crippen LogP contribution in [0.15, 0.2) is 70.1 Å². The zero-order valence-electron chi connectivity index (χ0n) is 23.4. The van der Waals surface area contributed by atoms with Crippen molar-refractivity contribution in [2.45, 2.75) is 12.5 Å². The number of ether oxygens (including phenoxy) is 1. The Morgan fingerprint density at radius 3 is 2.24 bits per heavy atom. The first-order valence-corrected chi connectivity index (χ1v) is 13.8. The lowest BCUT2D eigenvalue weighted by Crippen LogP contribution is -2.32. The van der Waals surface area contributed by atoms with E-state index in [-0.39, 0.29) is 39.5 Å². The lowest BCUT2D eigenvalue weighted by atomic mass is 10.1. The number of carbonyl (C=O) groups is 2. The van der Waals surface area contributed by atoms with Crippen LogP contribution >= 0.6 is 11.8 Å². The summed E-state index contributed by atoms with van der Waals surface area (Å²) in [4.78, 5) is 31.3. The van der Waals surface area contributed by atoms with Gasteiger partial charge in [0, 0.05) is 30.9 Å². The zero-order chi connectivity index (χ0) is 33.4. The van der Waals surface area contributed by atoms with E-state index in [1.807, 2.05) is 0 Å². The molecule has 0 unspecified atom stereocenters. The van der Waals surface area contributed by atoms with Crippen LogP contribution in [0.5, 0.6) is 5.75 Å². The molecule has 0 bridgehead atoms. The van der Waals surface area contributed by atoms with Crippen molar-refractivity contribution in [1.29, 1.82) is 0 Å². The Balaban J connectivity index is 1.33. The van der Waals surface area contributed by atoms with Gasteiger partial charge in [0.2, 0.25) is 17.7 Å². The van der Waals surface area contributed by atoms with Crippen molar-refractivity contribution in [2.75, 3.05) is 35.0 Å². The number of benzene rings is 3. The van der Waals surface area contributed by atoms with Gasteiger partial charge in [-0.2, -0.15) is 18.2 Å². The van der Waals surface area contributed by atoms with Crippen molar-refractivity contribution < 1.29 is 49.5 Å². The number of rotatable bonds is 6. The van der Waals surface area contributed by atoms with Gasteiger partial charge in [-0.15, -0.1) is 23.4 Å². The van der Waals surface area contributed by atoms with Crippen molar-refractivity contribution in [1.82, 2.24) is 10.2 Å². The average molecular weight is 669 g/mol. The Morgan fingerprint density at radius 1 is 0.978 bits per heavy atom. The van der Waals surface area contributed by atoms with Crippen LogP contribution in [0.25, 0.3) is 22.9 Å². The summed E-state index contributed by atoms with van der Waals surface area (Å²) in [7, 11) is 3.21. The lowest BCUT2D eigenvalue weighted by molar-refractivity contribution is -0.274. The molecule has 46 heavy (non-hydrogen) atoms. The molecule has 1 aliphatic heterocycles. The van der Waals surface area contributed by atoms with E-state index in [1.165, 1.54) is 29.2 Å². The fourth-order valence-corrected chi connectivity index (χ4v) is 5.00. The first kappa shape index (κ1) is 32.3. The molecular weight excluding hydrogens is 649 g/mol. The molecule has 0 radical (unpaired) electrons. The summed E-state index contributed by atoms with van der Waals surface area (Å²) in [5.41, 5.74) is -1.28. The highest BCUT2D eigenvalue weighted by molar-refractivity contribution is 8.15. The van der Waals surface area contributed by atoms with Gasteiger partial charge in [-0.25, -0.2) is 9.18 Å². The third kappa shape index (κ3) is 7.22. The van der Waals surface area contributed by atoms with Gasteiger partial charge in [-0.3, -0.25) is 9.69 Å². The van der Waals surface area contributed by atoms with Crippen LogP contribution in [-0.4, -0.2) is 53.5 Å². The minimum absolute atomic E-state index is 0.0832. The summed E-state index contributed by atoms with van der Waals surface area (Å²) in [5, 5.41) is 9.46. The third-order valence-electron chi connectivity index (χ3n) is 6.22. The molecule has 1 fully saturated rings. The van der Waals surface area contributed by atoms with E-state index in [0.29, 0.717) is 10.6 Å². The van der Waals surface area contributed by atoms with Crippen LogP contribution < -0.4 is 19.9 Å². The van der Waals surface area contributed by atoms with Gasteiger partial charge in [-0.1, -0.05) is 11.8 Å². The molecule has 1 aromatic heterocycles. The number of alkyl halides is 6. The predicted molar refractivity (Wildman–Crippen MR) is 154 cm³/mol. The molecule has 3 aromatic carbocycles. The number of carbonyl (C=O) groups excluding carboxylic acids is 2. The van der Waals surface area contributed by atoms with Crippen LogP contribution in [0.1, 0.15) is 5.56 Å². The first-order valence-electron chi connectivity index (χ1n) is 12.8. The monoisotopic (exact) mass is 668 g/mol. The molecule has 0 saturated carbocycles. The van der Waals surface area contributed by atoms with Crippen molar-refractivity contribution in [3.05, 3.63) is 72.0 Å². The van der Waals surface area contributed by atoms with Crippen molar-refractivity contribution in [3.8, 4) is 28.7 Å². The highest BCUT2D eigenvalue weighted by Gasteiger charge is 2.40. The molecule has 0 atom stereocenters. The van der Waals surface area contributed by atoms with Crippen LogP contribution in [0, 0.1) is 5.82 Å².